The van der Waals surface area contributed by atoms with E-state index in [1.165, 1.54) is 37.7 Å². The van der Waals surface area contributed by atoms with Crippen LogP contribution in [-0.4, -0.2) is 33.5 Å². The maximum Gasteiger partial charge on any atom is 0.265 e. The number of carbonyl (C=O) groups is 1. The molecule has 0 unspecified atom stereocenters. The van der Waals surface area contributed by atoms with Crippen molar-refractivity contribution >= 4 is 48.3 Å². The standard InChI is InChI=1S/C22H19N3O5S2/c1-29-16-9-10-18(30-2)20(13-16)32(27,28)25-15-8-11-19-17(12-15)23-22(31-19)24-21(26)14-6-4-3-5-7-14/h3-13,25H,1-2H3,(H,23,24,26). The Morgan fingerprint density at radius 1 is 0.969 bits per heavy atom. The van der Waals surface area contributed by atoms with Gasteiger partial charge >= 0.3 is 0 Å². The van der Waals surface area contributed by atoms with Crippen LogP contribution < -0.4 is 19.5 Å². The van der Waals surface area contributed by atoms with Crippen LogP contribution >= 0.6 is 11.3 Å². The van der Waals surface area contributed by atoms with Crippen molar-refractivity contribution in [2.75, 3.05) is 24.3 Å². The van der Waals surface area contributed by atoms with Crippen molar-refractivity contribution in [2.45, 2.75) is 4.90 Å². The molecule has 1 aromatic heterocycles. The van der Waals surface area contributed by atoms with E-state index in [0.29, 0.717) is 27.6 Å². The van der Waals surface area contributed by atoms with Crippen LogP contribution in [0.4, 0.5) is 10.8 Å². The molecule has 32 heavy (non-hydrogen) atoms. The molecule has 1 heterocycles. The van der Waals surface area contributed by atoms with Gasteiger partial charge in [-0.25, -0.2) is 13.4 Å². The van der Waals surface area contributed by atoms with E-state index in [0.717, 1.165) is 4.70 Å². The molecule has 0 bridgehead atoms. The summed E-state index contributed by atoms with van der Waals surface area (Å²) in [5.41, 5.74) is 1.40. The normalized spacial score (nSPS) is 11.2. The molecule has 0 saturated heterocycles. The molecule has 164 valence electrons. The van der Waals surface area contributed by atoms with Gasteiger partial charge in [0.05, 0.1) is 30.1 Å². The maximum atomic E-state index is 13.0. The number of anilines is 2. The molecule has 0 saturated carbocycles. The number of hydrogen-bond acceptors (Lipinski definition) is 7. The minimum atomic E-state index is -3.95. The van der Waals surface area contributed by atoms with Crippen LogP contribution in [0.5, 0.6) is 11.5 Å². The predicted molar refractivity (Wildman–Crippen MR) is 124 cm³/mol. The second-order valence-corrected chi connectivity index (χ2v) is 9.33. The zero-order valence-corrected chi connectivity index (χ0v) is 18.8. The first kappa shape index (κ1) is 21.6. The Morgan fingerprint density at radius 3 is 2.47 bits per heavy atom. The van der Waals surface area contributed by atoms with Crippen LogP contribution in [0.1, 0.15) is 10.4 Å². The fraction of sp³-hybridized carbons (Fsp3) is 0.0909. The van der Waals surface area contributed by atoms with Crippen molar-refractivity contribution in [3.63, 3.8) is 0 Å². The number of carbonyl (C=O) groups excluding carboxylic acids is 1. The summed E-state index contributed by atoms with van der Waals surface area (Å²) < 4.78 is 39.6. The number of benzene rings is 3. The van der Waals surface area contributed by atoms with Gasteiger partial charge in [0.1, 0.15) is 16.4 Å². The number of nitrogens with zero attached hydrogens (tertiary/aromatic N) is 1. The van der Waals surface area contributed by atoms with E-state index in [-0.39, 0.29) is 16.6 Å². The predicted octanol–water partition coefficient (Wildman–Crippen LogP) is 4.37. The summed E-state index contributed by atoms with van der Waals surface area (Å²) in [4.78, 5) is 16.7. The molecule has 4 aromatic rings. The first-order valence-electron chi connectivity index (χ1n) is 9.41. The topological polar surface area (TPSA) is 107 Å². The number of hydrogen-bond donors (Lipinski definition) is 2. The number of rotatable bonds is 7. The highest BCUT2D eigenvalue weighted by Gasteiger charge is 2.21. The molecule has 0 atom stereocenters. The summed E-state index contributed by atoms with van der Waals surface area (Å²) in [5, 5.41) is 3.19. The number of sulfonamides is 1. The smallest absolute Gasteiger partial charge is 0.265 e. The zero-order valence-electron chi connectivity index (χ0n) is 17.2. The minimum absolute atomic E-state index is 0.0476. The summed E-state index contributed by atoms with van der Waals surface area (Å²) in [6.07, 6.45) is 0. The lowest BCUT2D eigenvalue weighted by atomic mass is 10.2. The number of thiazole rings is 1. The lowest BCUT2D eigenvalue weighted by molar-refractivity contribution is 0.102. The van der Waals surface area contributed by atoms with Gasteiger partial charge < -0.3 is 9.47 Å². The average molecular weight is 470 g/mol. The van der Waals surface area contributed by atoms with Crippen molar-refractivity contribution < 1.29 is 22.7 Å². The summed E-state index contributed by atoms with van der Waals surface area (Å²) in [6, 6.07) is 18.3. The molecule has 4 rings (SSSR count). The van der Waals surface area contributed by atoms with Crippen molar-refractivity contribution in [1.29, 1.82) is 0 Å². The molecule has 1 amide bonds. The highest BCUT2D eigenvalue weighted by atomic mass is 32.2. The van der Waals surface area contributed by atoms with Gasteiger partial charge in [0.15, 0.2) is 5.13 Å². The molecule has 0 fully saturated rings. The molecule has 0 aliphatic rings. The largest absolute Gasteiger partial charge is 0.497 e. The van der Waals surface area contributed by atoms with Gasteiger partial charge in [0, 0.05) is 11.6 Å². The monoisotopic (exact) mass is 469 g/mol. The number of nitrogens with one attached hydrogen (secondary N) is 2. The fourth-order valence-electron chi connectivity index (χ4n) is 3.01. The third-order valence-corrected chi connectivity index (χ3v) is 6.91. The van der Waals surface area contributed by atoms with Gasteiger partial charge in [-0.05, 0) is 42.5 Å². The molecule has 0 aliphatic heterocycles. The van der Waals surface area contributed by atoms with Crippen LogP contribution in [0, 0.1) is 0 Å². The second kappa shape index (κ2) is 8.85. The van der Waals surface area contributed by atoms with Gasteiger partial charge in [-0.1, -0.05) is 29.5 Å². The number of ether oxygens (including phenoxy) is 2. The van der Waals surface area contributed by atoms with E-state index in [2.05, 4.69) is 15.0 Å². The van der Waals surface area contributed by atoms with Gasteiger partial charge in [0.2, 0.25) is 0 Å². The SMILES string of the molecule is COc1ccc(OC)c(S(=O)(=O)Nc2ccc3sc(NC(=O)c4ccccc4)nc3c2)c1. The van der Waals surface area contributed by atoms with Gasteiger partial charge in [0.25, 0.3) is 15.9 Å². The lowest BCUT2D eigenvalue weighted by Gasteiger charge is -2.12. The van der Waals surface area contributed by atoms with E-state index < -0.39 is 10.0 Å². The maximum absolute atomic E-state index is 13.0. The highest BCUT2D eigenvalue weighted by molar-refractivity contribution is 7.92. The second-order valence-electron chi connectivity index (χ2n) is 6.64. The van der Waals surface area contributed by atoms with Gasteiger partial charge in [-0.3, -0.25) is 14.8 Å². The van der Waals surface area contributed by atoms with Crippen LogP contribution in [0.2, 0.25) is 0 Å². The van der Waals surface area contributed by atoms with Gasteiger partial charge in [-0.15, -0.1) is 0 Å². The Balaban J connectivity index is 1.59. The molecule has 8 nitrogen and oxygen atoms in total. The quantitative estimate of drug-likeness (QED) is 0.416. The Bertz CT molecular complexity index is 1390. The summed E-state index contributed by atoms with van der Waals surface area (Å²) in [6.45, 7) is 0. The molecule has 0 spiro atoms. The van der Waals surface area contributed by atoms with Crippen LogP contribution in [-0.2, 0) is 10.0 Å². The van der Waals surface area contributed by atoms with Crippen molar-refractivity contribution in [1.82, 2.24) is 4.98 Å². The van der Waals surface area contributed by atoms with Gasteiger partial charge in [-0.2, -0.15) is 0 Å². The molecule has 10 heteroatoms. The summed E-state index contributed by atoms with van der Waals surface area (Å²) in [5.74, 6) is 0.314. The number of fused-ring (bicyclic) bond motifs is 1. The lowest BCUT2D eigenvalue weighted by Crippen LogP contribution is -2.14. The minimum Gasteiger partial charge on any atom is -0.497 e. The first-order valence-corrected chi connectivity index (χ1v) is 11.7. The molecule has 0 radical (unpaired) electrons. The number of aromatic nitrogens is 1. The van der Waals surface area contributed by atoms with E-state index >= 15 is 0 Å². The molecule has 0 aliphatic carbocycles. The summed E-state index contributed by atoms with van der Waals surface area (Å²) in [7, 11) is -1.10. The van der Waals surface area contributed by atoms with Crippen molar-refractivity contribution in [3.8, 4) is 11.5 Å². The van der Waals surface area contributed by atoms with Crippen LogP contribution in [0.15, 0.2) is 71.6 Å². The highest BCUT2D eigenvalue weighted by Crippen LogP contribution is 2.32. The van der Waals surface area contributed by atoms with Crippen LogP contribution in [0.25, 0.3) is 10.2 Å². The third kappa shape index (κ3) is 4.51. The van der Waals surface area contributed by atoms with Crippen molar-refractivity contribution in [3.05, 3.63) is 72.3 Å². The third-order valence-electron chi connectivity index (χ3n) is 4.56. The Hall–Kier alpha value is -3.63. The molecule has 3 aromatic carbocycles. The Labute approximate surface area is 188 Å². The number of amides is 1. The first-order chi connectivity index (χ1) is 15.4. The van der Waals surface area contributed by atoms with Crippen molar-refractivity contribution in [2.24, 2.45) is 0 Å². The average Bonchev–Trinajstić information content (AvgIpc) is 3.20. The van der Waals surface area contributed by atoms with E-state index in [4.69, 9.17) is 9.47 Å². The van der Waals surface area contributed by atoms with E-state index in [1.54, 1.807) is 48.5 Å². The molecular weight excluding hydrogens is 450 g/mol. The fourth-order valence-corrected chi connectivity index (χ4v) is 5.08. The van der Waals surface area contributed by atoms with Crippen LogP contribution in [0.3, 0.4) is 0 Å². The zero-order chi connectivity index (χ0) is 22.7. The molecular formula is C22H19N3O5S2. The number of methoxy groups -OCH3 is 2. The molecule has 2 N–H and O–H groups in total. The Kier molecular flexibility index (Phi) is 5.97. The van der Waals surface area contributed by atoms with E-state index in [9.17, 15) is 13.2 Å². The van der Waals surface area contributed by atoms with E-state index in [1.807, 2.05) is 6.07 Å². The summed E-state index contributed by atoms with van der Waals surface area (Å²) >= 11 is 1.30. The Morgan fingerprint density at radius 2 is 1.75 bits per heavy atom.